The first kappa shape index (κ1) is 12.6. The van der Waals surface area contributed by atoms with Crippen LogP contribution in [-0.4, -0.2) is 36.1 Å². The molecule has 0 aliphatic carbocycles. The molecule has 18 heavy (non-hydrogen) atoms. The van der Waals surface area contributed by atoms with Crippen LogP contribution in [-0.2, 0) is 0 Å². The first-order valence-corrected chi connectivity index (χ1v) is 7.68. The highest BCUT2D eigenvalue weighted by atomic mass is 127. The lowest BCUT2D eigenvalue weighted by Gasteiger charge is -2.29. The first-order valence-electron chi connectivity index (χ1n) is 5.81. The van der Waals surface area contributed by atoms with Gasteiger partial charge in [-0.05, 0) is 50.7 Å². The van der Waals surface area contributed by atoms with Crippen molar-refractivity contribution >= 4 is 55.2 Å². The number of piperazine rings is 1. The molecule has 0 atom stereocenters. The molecule has 0 bridgehead atoms. The molecule has 0 unspecified atom stereocenters. The Morgan fingerprint density at radius 1 is 1.22 bits per heavy atom. The standard InChI is InChI=1S/C12H12BrIN4/c13-9-6-11-8(5-10(9)14)12(17-7-16-11)18-3-1-15-2-4-18/h5-7,15H,1-4H2. The van der Waals surface area contributed by atoms with Gasteiger partial charge in [0.25, 0.3) is 0 Å². The summed E-state index contributed by atoms with van der Waals surface area (Å²) in [5.41, 5.74) is 0.992. The highest BCUT2D eigenvalue weighted by Gasteiger charge is 2.15. The summed E-state index contributed by atoms with van der Waals surface area (Å²) in [5.74, 6) is 1.05. The van der Waals surface area contributed by atoms with Gasteiger partial charge in [-0.1, -0.05) is 0 Å². The van der Waals surface area contributed by atoms with E-state index in [0.717, 1.165) is 47.4 Å². The Labute approximate surface area is 127 Å². The number of nitrogens with one attached hydrogen (secondary N) is 1. The van der Waals surface area contributed by atoms with Gasteiger partial charge in [-0.15, -0.1) is 0 Å². The normalized spacial score (nSPS) is 16.2. The van der Waals surface area contributed by atoms with Crippen LogP contribution in [0.5, 0.6) is 0 Å². The van der Waals surface area contributed by atoms with Crippen molar-refractivity contribution in [1.82, 2.24) is 15.3 Å². The van der Waals surface area contributed by atoms with Gasteiger partial charge in [0.15, 0.2) is 0 Å². The lowest BCUT2D eigenvalue weighted by molar-refractivity contribution is 0.586. The molecular weight excluding hydrogens is 407 g/mol. The fourth-order valence-electron chi connectivity index (χ4n) is 2.17. The maximum absolute atomic E-state index is 4.47. The number of anilines is 1. The molecule has 1 aromatic carbocycles. The van der Waals surface area contributed by atoms with Crippen LogP contribution in [0.4, 0.5) is 5.82 Å². The van der Waals surface area contributed by atoms with E-state index in [9.17, 15) is 0 Å². The summed E-state index contributed by atoms with van der Waals surface area (Å²) in [4.78, 5) is 11.1. The van der Waals surface area contributed by atoms with E-state index >= 15 is 0 Å². The molecule has 1 saturated heterocycles. The molecule has 0 amide bonds. The molecule has 1 aliphatic rings. The van der Waals surface area contributed by atoms with Gasteiger partial charge in [0, 0.05) is 39.6 Å². The molecule has 1 fully saturated rings. The van der Waals surface area contributed by atoms with Crippen molar-refractivity contribution in [2.24, 2.45) is 0 Å². The van der Waals surface area contributed by atoms with Gasteiger partial charge >= 0.3 is 0 Å². The van der Waals surface area contributed by atoms with Crippen molar-refractivity contribution in [1.29, 1.82) is 0 Å². The molecular formula is C12H12BrIN4. The van der Waals surface area contributed by atoms with E-state index < -0.39 is 0 Å². The average Bonchev–Trinajstić information content (AvgIpc) is 2.40. The van der Waals surface area contributed by atoms with Crippen LogP contribution < -0.4 is 10.2 Å². The monoisotopic (exact) mass is 418 g/mol. The van der Waals surface area contributed by atoms with Crippen molar-refractivity contribution in [2.75, 3.05) is 31.1 Å². The van der Waals surface area contributed by atoms with E-state index in [1.165, 1.54) is 3.57 Å². The first-order chi connectivity index (χ1) is 8.75. The van der Waals surface area contributed by atoms with Gasteiger partial charge in [-0.3, -0.25) is 0 Å². The second kappa shape index (κ2) is 5.26. The third kappa shape index (κ3) is 2.33. The van der Waals surface area contributed by atoms with Crippen LogP contribution in [0.25, 0.3) is 10.9 Å². The van der Waals surface area contributed by atoms with Crippen LogP contribution >= 0.6 is 38.5 Å². The van der Waals surface area contributed by atoms with Crippen molar-refractivity contribution in [3.05, 3.63) is 26.5 Å². The Morgan fingerprint density at radius 2 is 2.00 bits per heavy atom. The van der Waals surface area contributed by atoms with E-state index in [0.29, 0.717) is 0 Å². The summed E-state index contributed by atoms with van der Waals surface area (Å²) in [7, 11) is 0. The topological polar surface area (TPSA) is 41.1 Å². The molecule has 94 valence electrons. The lowest BCUT2D eigenvalue weighted by Crippen LogP contribution is -2.44. The summed E-state index contributed by atoms with van der Waals surface area (Å²) >= 11 is 5.87. The number of benzene rings is 1. The maximum Gasteiger partial charge on any atom is 0.140 e. The molecule has 0 spiro atoms. The molecule has 2 aromatic rings. The van der Waals surface area contributed by atoms with Crippen molar-refractivity contribution in [3.8, 4) is 0 Å². The minimum absolute atomic E-state index is 0.992. The predicted molar refractivity (Wildman–Crippen MR) is 85.0 cm³/mol. The quantitative estimate of drug-likeness (QED) is 0.722. The number of aromatic nitrogens is 2. The highest BCUT2D eigenvalue weighted by molar-refractivity contribution is 14.1. The van der Waals surface area contributed by atoms with Gasteiger partial charge in [0.2, 0.25) is 0 Å². The summed E-state index contributed by atoms with van der Waals surface area (Å²) in [6.45, 7) is 4.02. The predicted octanol–water partition coefficient (Wildman–Crippen LogP) is 2.41. The Kier molecular flexibility index (Phi) is 3.67. The minimum Gasteiger partial charge on any atom is -0.353 e. The summed E-state index contributed by atoms with van der Waals surface area (Å²) in [6, 6.07) is 4.21. The lowest BCUT2D eigenvalue weighted by atomic mass is 10.2. The van der Waals surface area contributed by atoms with Crippen LogP contribution in [0.2, 0.25) is 0 Å². The van der Waals surface area contributed by atoms with Gasteiger partial charge in [0.05, 0.1) is 5.52 Å². The number of hydrogen-bond acceptors (Lipinski definition) is 4. The van der Waals surface area contributed by atoms with Gasteiger partial charge in [-0.2, -0.15) is 0 Å². The molecule has 6 heteroatoms. The Bertz CT molecular complexity index is 584. The molecule has 0 saturated carbocycles. The molecule has 0 radical (unpaired) electrons. The zero-order valence-electron chi connectivity index (χ0n) is 9.66. The minimum atomic E-state index is 0.992. The highest BCUT2D eigenvalue weighted by Crippen LogP contribution is 2.29. The third-order valence-corrected chi connectivity index (χ3v) is 5.36. The zero-order chi connectivity index (χ0) is 12.5. The summed E-state index contributed by atoms with van der Waals surface area (Å²) in [6.07, 6.45) is 1.65. The molecule has 2 heterocycles. The third-order valence-electron chi connectivity index (χ3n) is 3.07. The Hall–Kier alpha value is -0.470. The van der Waals surface area contributed by atoms with E-state index in [1.807, 2.05) is 0 Å². The van der Waals surface area contributed by atoms with E-state index in [-0.39, 0.29) is 0 Å². The molecule has 1 N–H and O–H groups in total. The summed E-state index contributed by atoms with van der Waals surface area (Å²) < 4.78 is 2.27. The van der Waals surface area contributed by atoms with E-state index in [2.05, 4.69) is 70.8 Å². The molecule has 1 aliphatic heterocycles. The SMILES string of the molecule is Brc1cc2ncnc(N3CCNCC3)c2cc1I. The number of fused-ring (bicyclic) bond motifs is 1. The fourth-order valence-corrected chi connectivity index (χ4v) is 2.96. The van der Waals surface area contributed by atoms with Crippen LogP contribution in [0, 0.1) is 3.57 Å². The molecule has 4 nitrogen and oxygen atoms in total. The number of rotatable bonds is 1. The summed E-state index contributed by atoms with van der Waals surface area (Å²) in [5, 5.41) is 4.49. The van der Waals surface area contributed by atoms with E-state index in [4.69, 9.17) is 0 Å². The van der Waals surface area contributed by atoms with E-state index in [1.54, 1.807) is 6.33 Å². The molecule has 1 aromatic heterocycles. The molecule has 3 rings (SSSR count). The number of halogens is 2. The van der Waals surface area contributed by atoms with Gasteiger partial charge < -0.3 is 10.2 Å². The van der Waals surface area contributed by atoms with Gasteiger partial charge in [-0.25, -0.2) is 9.97 Å². The van der Waals surface area contributed by atoms with Crippen molar-refractivity contribution < 1.29 is 0 Å². The fraction of sp³-hybridized carbons (Fsp3) is 0.333. The van der Waals surface area contributed by atoms with Gasteiger partial charge in [0.1, 0.15) is 12.1 Å². The largest absolute Gasteiger partial charge is 0.353 e. The van der Waals surface area contributed by atoms with Crippen LogP contribution in [0.1, 0.15) is 0 Å². The Balaban J connectivity index is 2.13. The second-order valence-electron chi connectivity index (χ2n) is 4.22. The van der Waals surface area contributed by atoms with Crippen LogP contribution in [0.3, 0.4) is 0 Å². The maximum atomic E-state index is 4.47. The second-order valence-corrected chi connectivity index (χ2v) is 6.23. The number of hydrogen-bond donors (Lipinski definition) is 1. The van der Waals surface area contributed by atoms with Crippen molar-refractivity contribution in [2.45, 2.75) is 0 Å². The van der Waals surface area contributed by atoms with Crippen LogP contribution in [0.15, 0.2) is 22.9 Å². The average molecular weight is 419 g/mol. The number of nitrogens with zero attached hydrogens (tertiary/aromatic N) is 3. The van der Waals surface area contributed by atoms with Crippen molar-refractivity contribution in [3.63, 3.8) is 0 Å². The smallest absolute Gasteiger partial charge is 0.140 e. The Morgan fingerprint density at radius 3 is 2.78 bits per heavy atom. The zero-order valence-corrected chi connectivity index (χ0v) is 13.4.